The Morgan fingerprint density at radius 2 is 0.760 bits per heavy atom. The van der Waals surface area contributed by atoms with E-state index >= 15 is 0 Å². The SMILES string of the molecule is CC(C)(C)C(=O)Oc1cc(O)c(C(=O)c2cc(OC(=O)C(C)(C)C)c(OC(=O)C(C)(C)C)c(OC(=O)C(C)(C)C)c2)c(OC(=O)C(C)(C)C)c1. The summed E-state index contributed by atoms with van der Waals surface area (Å²) in [5.74, 6) is -7.46. The number of benzene rings is 2. The summed E-state index contributed by atoms with van der Waals surface area (Å²) in [4.78, 5) is 79.4. The number of hydrogen-bond donors (Lipinski definition) is 1. The maximum atomic E-state index is 14.3. The van der Waals surface area contributed by atoms with Crippen molar-refractivity contribution in [2.45, 2.75) is 104 Å². The summed E-state index contributed by atoms with van der Waals surface area (Å²) in [6, 6.07) is 4.27. The van der Waals surface area contributed by atoms with Crippen molar-refractivity contribution < 1.29 is 57.6 Å². The van der Waals surface area contributed by atoms with Crippen LogP contribution < -0.4 is 23.7 Å². The minimum Gasteiger partial charge on any atom is -0.507 e. The predicted molar refractivity (Wildman–Crippen MR) is 183 cm³/mol. The maximum Gasteiger partial charge on any atom is 0.316 e. The number of esters is 5. The van der Waals surface area contributed by atoms with E-state index in [1.165, 1.54) is 0 Å². The third-order valence-corrected chi connectivity index (χ3v) is 6.64. The molecule has 0 heterocycles. The number of aromatic hydroxyl groups is 1. The average molecular weight is 699 g/mol. The molecule has 0 saturated heterocycles. The predicted octanol–water partition coefficient (Wildman–Crippen LogP) is 7.38. The summed E-state index contributed by atoms with van der Waals surface area (Å²) >= 11 is 0. The van der Waals surface area contributed by atoms with E-state index in [1.54, 1.807) is 104 Å². The molecule has 12 heteroatoms. The van der Waals surface area contributed by atoms with Crippen molar-refractivity contribution >= 4 is 35.6 Å². The first-order valence-electron chi connectivity index (χ1n) is 16.0. The molecule has 1 N–H and O–H groups in total. The first-order chi connectivity index (χ1) is 22.3. The lowest BCUT2D eigenvalue weighted by Gasteiger charge is -2.24. The summed E-state index contributed by atoms with van der Waals surface area (Å²) in [7, 11) is 0. The van der Waals surface area contributed by atoms with Crippen LogP contribution >= 0.6 is 0 Å². The van der Waals surface area contributed by atoms with Crippen LogP contribution in [0.5, 0.6) is 34.5 Å². The minimum atomic E-state index is -1.07. The zero-order valence-electron chi connectivity index (χ0n) is 31.7. The van der Waals surface area contributed by atoms with Gasteiger partial charge >= 0.3 is 29.8 Å². The van der Waals surface area contributed by atoms with E-state index in [9.17, 15) is 33.9 Å². The summed E-state index contributed by atoms with van der Waals surface area (Å²) in [5.41, 5.74) is -6.04. The normalized spacial score (nSPS) is 12.5. The van der Waals surface area contributed by atoms with Crippen LogP contribution in [-0.4, -0.2) is 40.7 Å². The molecule has 0 aliphatic rings. The van der Waals surface area contributed by atoms with Crippen LogP contribution in [-0.2, 0) is 24.0 Å². The quantitative estimate of drug-likeness (QED) is 0.173. The fraction of sp³-hybridized carbons (Fsp3) is 0.526. The molecule has 0 unspecified atom stereocenters. The van der Waals surface area contributed by atoms with Gasteiger partial charge in [-0.05, 0) is 116 Å². The van der Waals surface area contributed by atoms with Gasteiger partial charge in [0.25, 0.3) is 0 Å². The Morgan fingerprint density at radius 1 is 0.440 bits per heavy atom. The lowest BCUT2D eigenvalue weighted by molar-refractivity contribution is -0.146. The second kappa shape index (κ2) is 14.2. The minimum absolute atomic E-state index is 0.209. The van der Waals surface area contributed by atoms with E-state index in [0.717, 1.165) is 24.3 Å². The Labute approximate surface area is 293 Å². The van der Waals surface area contributed by atoms with Gasteiger partial charge in [0.15, 0.2) is 11.5 Å². The summed E-state index contributed by atoms with van der Waals surface area (Å²) in [5, 5.41) is 11.2. The van der Waals surface area contributed by atoms with Gasteiger partial charge in [0.05, 0.1) is 27.1 Å². The van der Waals surface area contributed by atoms with E-state index in [0.29, 0.717) is 0 Å². The van der Waals surface area contributed by atoms with Crippen LogP contribution in [0.2, 0.25) is 0 Å². The van der Waals surface area contributed by atoms with E-state index in [-0.39, 0.29) is 11.3 Å². The Morgan fingerprint density at radius 3 is 1.12 bits per heavy atom. The number of phenols is 1. The van der Waals surface area contributed by atoms with Crippen LogP contribution in [0, 0.1) is 27.1 Å². The Balaban J connectivity index is 2.99. The molecular formula is C38H50O12. The van der Waals surface area contributed by atoms with Gasteiger partial charge in [0, 0.05) is 17.7 Å². The Bertz CT molecular complexity index is 1650. The highest BCUT2D eigenvalue weighted by atomic mass is 16.6. The van der Waals surface area contributed by atoms with Crippen molar-refractivity contribution in [3.63, 3.8) is 0 Å². The number of carbonyl (C=O) groups excluding carboxylic acids is 6. The highest BCUT2D eigenvalue weighted by Crippen LogP contribution is 2.44. The Hall–Kier alpha value is -4.74. The van der Waals surface area contributed by atoms with Crippen LogP contribution in [0.3, 0.4) is 0 Å². The van der Waals surface area contributed by atoms with Gasteiger partial charge in [-0.2, -0.15) is 0 Å². The molecule has 0 amide bonds. The molecule has 2 rings (SSSR count). The third-order valence-electron chi connectivity index (χ3n) is 6.64. The first kappa shape index (κ1) is 41.4. The standard InChI is InChI=1S/C38H50O12/c1-34(2,3)29(41)46-21-18-22(39)26(23(19-21)47-30(42)35(4,5)6)27(40)20-16-24(48-31(43)36(7,8)9)28(50-33(45)38(13,14)15)25(17-20)49-32(44)37(10,11)12/h16-19,39H,1-15H3. The fourth-order valence-corrected chi connectivity index (χ4v) is 3.31. The lowest BCUT2D eigenvalue weighted by Crippen LogP contribution is -2.29. The number of ketones is 1. The van der Waals surface area contributed by atoms with Crippen LogP contribution in [0.15, 0.2) is 24.3 Å². The van der Waals surface area contributed by atoms with Crippen molar-refractivity contribution in [2.24, 2.45) is 27.1 Å². The molecule has 0 spiro atoms. The molecule has 274 valence electrons. The largest absolute Gasteiger partial charge is 0.507 e. The average Bonchev–Trinajstić information content (AvgIpc) is 2.91. The molecule has 0 aliphatic heterocycles. The summed E-state index contributed by atoms with van der Waals surface area (Å²) < 4.78 is 28.0. The van der Waals surface area contributed by atoms with E-state index in [2.05, 4.69) is 0 Å². The molecule has 2 aromatic carbocycles. The summed E-state index contributed by atoms with van der Waals surface area (Å²) in [6.07, 6.45) is 0. The number of carbonyl (C=O) groups is 6. The van der Waals surface area contributed by atoms with E-state index in [4.69, 9.17) is 23.7 Å². The Kier molecular flexibility index (Phi) is 11.8. The highest BCUT2D eigenvalue weighted by molar-refractivity contribution is 6.13. The topological polar surface area (TPSA) is 169 Å². The zero-order valence-corrected chi connectivity index (χ0v) is 31.7. The molecule has 2 aromatic rings. The smallest absolute Gasteiger partial charge is 0.316 e. The third kappa shape index (κ3) is 10.6. The monoisotopic (exact) mass is 698 g/mol. The van der Waals surface area contributed by atoms with Gasteiger partial charge in [-0.3, -0.25) is 28.8 Å². The molecule has 0 aromatic heterocycles. The van der Waals surface area contributed by atoms with Gasteiger partial charge in [0.2, 0.25) is 11.5 Å². The fourth-order valence-electron chi connectivity index (χ4n) is 3.31. The van der Waals surface area contributed by atoms with Crippen LogP contribution in [0.1, 0.15) is 120 Å². The van der Waals surface area contributed by atoms with E-state index in [1.807, 2.05) is 0 Å². The lowest BCUT2D eigenvalue weighted by atomic mass is 9.96. The molecule has 0 saturated carbocycles. The van der Waals surface area contributed by atoms with Crippen molar-refractivity contribution in [2.75, 3.05) is 0 Å². The molecule has 0 bridgehead atoms. The molecule has 0 atom stereocenters. The molecule has 0 aliphatic carbocycles. The van der Waals surface area contributed by atoms with Gasteiger partial charge in [0.1, 0.15) is 22.8 Å². The van der Waals surface area contributed by atoms with E-state index < -0.39 is 97.0 Å². The zero-order chi connectivity index (χ0) is 38.9. The summed E-state index contributed by atoms with van der Waals surface area (Å²) in [6.45, 7) is 23.8. The maximum absolute atomic E-state index is 14.3. The van der Waals surface area contributed by atoms with Crippen molar-refractivity contribution in [1.29, 1.82) is 0 Å². The molecule has 50 heavy (non-hydrogen) atoms. The molecule has 0 radical (unpaired) electrons. The van der Waals surface area contributed by atoms with Gasteiger partial charge < -0.3 is 28.8 Å². The first-order valence-corrected chi connectivity index (χ1v) is 16.0. The number of rotatable bonds is 7. The number of hydrogen-bond acceptors (Lipinski definition) is 12. The van der Waals surface area contributed by atoms with Gasteiger partial charge in [-0.25, -0.2) is 0 Å². The van der Waals surface area contributed by atoms with Crippen LogP contribution in [0.4, 0.5) is 0 Å². The van der Waals surface area contributed by atoms with Crippen molar-refractivity contribution in [3.05, 3.63) is 35.4 Å². The van der Waals surface area contributed by atoms with Crippen LogP contribution in [0.25, 0.3) is 0 Å². The second-order valence-corrected chi connectivity index (χ2v) is 17.1. The number of phenolic OH excluding ortho intramolecular Hbond substituents is 1. The van der Waals surface area contributed by atoms with Gasteiger partial charge in [-0.15, -0.1) is 0 Å². The second-order valence-electron chi connectivity index (χ2n) is 17.1. The highest BCUT2D eigenvalue weighted by Gasteiger charge is 2.35. The molecular weight excluding hydrogens is 648 g/mol. The number of ether oxygens (including phenoxy) is 5. The van der Waals surface area contributed by atoms with Crippen molar-refractivity contribution in [3.8, 4) is 34.5 Å². The van der Waals surface area contributed by atoms with Crippen molar-refractivity contribution in [1.82, 2.24) is 0 Å². The molecule has 12 nitrogen and oxygen atoms in total. The molecule has 0 fully saturated rings. The van der Waals surface area contributed by atoms with Gasteiger partial charge in [-0.1, -0.05) is 0 Å².